The van der Waals surface area contributed by atoms with Gasteiger partial charge in [0.1, 0.15) is 0 Å². The third-order valence-corrected chi connectivity index (χ3v) is 16.9. The van der Waals surface area contributed by atoms with E-state index in [0.717, 1.165) is 5.92 Å². The van der Waals surface area contributed by atoms with Crippen LogP contribution in [0.25, 0.3) is 10.1 Å². The summed E-state index contributed by atoms with van der Waals surface area (Å²) in [4.78, 5) is 5.23. The summed E-state index contributed by atoms with van der Waals surface area (Å²) in [5.41, 5.74) is 17.9. The number of nitrogens with zero attached hydrogens (tertiary/aromatic N) is 2. The first-order valence-electron chi connectivity index (χ1n) is 22.7. The van der Waals surface area contributed by atoms with Gasteiger partial charge in [-0.2, -0.15) is 0 Å². The van der Waals surface area contributed by atoms with Gasteiger partial charge in [0.15, 0.2) is 0 Å². The van der Waals surface area contributed by atoms with Crippen LogP contribution in [0.1, 0.15) is 144 Å². The molecule has 3 aliphatic rings. The molecule has 0 bridgehead atoms. The van der Waals surface area contributed by atoms with Crippen molar-refractivity contribution in [3.05, 3.63) is 125 Å². The normalized spacial score (nSPS) is 19.4. The van der Waals surface area contributed by atoms with Crippen molar-refractivity contribution < 1.29 is 0 Å². The van der Waals surface area contributed by atoms with Gasteiger partial charge in [-0.3, -0.25) is 0 Å². The minimum atomic E-state index is 0.0118. The highest BCUT2D eigenvalue weighted by atomic mass is 32.1. The second kappa shape index (κ2) is 13.6. The van der Waals surface area contributed by atoms with Crippen molar-refractivity contribution in [1.29, 1.82) is 0 Å². The van der Waals surface area contributed by atoms with E-state index in [1.165, 1.54) is 101 Å². The van der Waals surface area contributed by atoms with E-state index in [4.69, 9.17) is 0 Å². The minimum Gasteiger partial charge on any atom is -0.311 e. The Hall–Kier alpha value is -4.28. The van der Waals surface area contributed by atoms with Crippen LogP contribution in [0.5, 0.6) is 0 Å². The van der Waals surface area contributed by atoms with Gasteiger partial charge in [-0.05, 0) is 146 Å². The highest BCUT2D eigenvalue weighted by Crippen LogP contribution is 2.63. The summed E-state index contributed by atoms with van der Waals surface area (Å²) in [5, 5.41) is 1.36. The van der Waals surface area contributed by atoms with E-state index in [2.05, 4.69) is 211 Å². The van der Waals surface area contributed by atoms with Crippen molar-refractivity contribution in [2.75, 3.05) is 9.80 Å². The van der Waals surface area contributed by atoms with E-state index < -0.39 is 0 Å². The highest BCUT2D eigenvalue weighted by Gasteiger charge is 2.54. The van der Waals surface area contributed by atoms with Crippen molar-refractivity contribution >= 4 is 78.0 Å². The minimum absolute atomic E-state index is 0.0118. The zero-order valence-electron chi connectivity index (χ0n) is 39.2. The molecule has 6 aromatic rings. The lowest BCUT2D eigenvalue weighted by molar-refractivity contribution is 0.0949. The Morgan fingerprint density at radius 3 is 1.73 bits per heavy atom. The highest BCUT2D eigenvalue weighted by molar-refractivity contribution is 7.33. The van der Waals surface area contributed by atoms with Gasteiger partial charge in [-0.25, -0.2) is 0 Å². The third-order valence-electron chi connectivity index (χ3n) is 15.6. The molecule has 60 heavy (non-hydrogen) atoms. The Labute approximate surface area is 366 Å². The van der Waals surface area contributed by atoms with Gasteiger partial charge in [-0.15, -0.1) is 11.3 Å². The van der Waals surface area contributed by atoms with E-state index in [1.807, 2.05) is 11.3 Å². The molecule has 2 unspecified atom stereocenters. The molecule has 1 fully saturated rings. The lowest BCUT2D eigenvalue weighted by Gasteiger charge is -2.44. The molecule has 0 saturated heterocycles. The van der Waals surface area contributed by atoms with Crippen molar-refractivity contribution in [3.8, 4) is 0 Å². The molecule has 0 amide bonds. The van der Waals surface area contributed by atoms with Gasteiger partial charge >= 0.3 is 0 Å². The molecule has 9 rings (SSSR count). The summed E-state index contributed by atoms with van der Waals surface area (Å²) in [6.07, 6.45) is 2.49. The van der Waals surface area contributed by atoms with Crippen LogP contribution < -0.4 is 25.5 Å². The zero-order valence-corrected chi connectivity index (χ0v) is 40.0. The summed E-state index contributed by atoms with van der Waals surface area (Å²) in [5.74, 6) is 1.25. The Morgan fingerprint density at radius 2 is 1.15 bits per heavy atom. The van der Waals surface area contributed by atoms with Crippen LogP contribution in [0, 0.1) is 23.7 Å². The number of anilines is 6. The predicted molar refractivity (Wildman–Crippen MR) is 265 cm³/mol. The first kappa shape index (κ1) is 41.1. The van der Waals surface area contributed by atoms with Crippen LogP contribution >= 0.6 is 11.3 Å². The van der Waals surface area contributed by atoms with Crippen molar-refractivity contribution in [1.82, 2.24) is 0 Å². The molecule has 2 aliphatic heterocycles. The molecule has 0 radical (unpaired) electrons. The van der Waals surface area contributed by atoms with Gasteiger partial charge < -0.3 is 9.80 Å². The van der Waals surface area contributed by atoms with Crippen molar-refractivity contribution in [2.24, 2.45) is 16.7 Å². The van der Waals surface area contributed by atoms with Gasteiger partial charge in [0, 0.05) is 43.3 Å². The summed E-state index contributed by atoms with van der Waals surface area (Å²) in [6, 6.07) is 38.8. The maximum atomic E-state index is 2.66. The van der Waals surface area contributed by atoms with E-state index in [1.54, 1.807) is 0 Å². The Kier molecular flexibility index (Phi) is 9.32. The second-order valence-electron chi connectivity index (χ2n) is 22.8. The SMILES string of the molecule is CCC1CC(c2ccc(N3c4cc(C)cc5c4B(c4cc(C(C)(C)C)ccc4N5c4ccc(C(C)(C)C)cc4)c4sc5ccc(C(C)(C)C)cc5c43)cc2)C(C)(C)C1(C)C. The van der Waals surface area contributed by atoms with Crippen LogP contribution in [-0.2, 0) is 16.2 Å². The molecule has 310 valence electrons. The average Bonchev–Trinajstić information content (AvgIpc) is 3.63. The number of fused-ring (bicyclic) bond motifs is 6. The molecule has 0 spiro atoms. The maximum absolute atomic E-state index is 2.66. The Morgan fingerprint density at radius 1 is 0.617 bits per heavy atom. The molecular weight excluding hydrogens is 744 g/mol. The zero-order chi connectivity index (χ0) is 43.1. The number of benzene rings is 5. The number of rotatable bonds is 4. The van der Waals surface area contributed by atoms with Crippen LogP contribution in [0.3, 0.4) is 0 Å². The largest absolute Gasteiger partial charge is 0.311 e. The molecule has 3 heterocycles. The van der Waals surface area contributed by atoms with Crippen LogP contribution in [0.4, 0.5) is 34.1 Å². The summed E-state index contributed by atoms with van der Waals surface area (Å²) < 4.78 is 2.80. The van der Waals surface area contributed by atoms with Crippen LogP contribution in [0.15, 0.2) is 97.1 Å². The molecule has 4 heteroatoms. The van der Waals surface area contributed by atoms with E-state index in [0.29, 0.717) is 5.92 Å². The van der Waals surface area contributed by atoms with E-state index >= 15 is 0 Å². The third kappa shape index (κ3) is 6.24. The van der Waals surface area contributed by atoms with E-state index in [9.17, 15) is 0 Å². The predicted octanol–water partition coefficient (Wildman–Crippen LogP) is 14.8. The second-order valence-corrected chi connectivity index (χ2v) is 23.9. The first-order valence-corrected chi connectivity index (χ1v) is 23.5. The molecule has 5 aromatic carbocycles. The number of thiophene rings is 1. The fraction of sp³-hybridized carbons (Fsp3) is 0.429. The van der Waals surface area contributed by atoms with Crippen LogP contribution in [-0.4, -0.2) is 6.71 Å². The molecule has 1 aliphatic carbocycles. The average molecular weight is 811 g/mol. The summed E-state index contributed by atoms with van der Waals surface area (Å²) >= 11 is 2.00. The van der Waals surface area contributed by atoms with Crippen molar-refractivity contribution in [3.63, 3.8) is 0 Å². The number of hydrogen-bond acceptors (Lipinski definition) is 3. The smallest absolute Gasteiger partial charge is 0.264 e. The fourth-order valence-corrected chi connectivity index (χ4v) is 12.4. The van der Waals surface area contributed by atoms with Gasteiger partial charge in [-0.1, -0.05) is 146 Å². The fourth-order valence-electron chi connectivity index (χ4n) is 11.1. The number of hydrogen-bond donors (Lipinski definition) is 0. The first-order chi connectivity index (χ1) is 28.0. The molecule has 1 saturated carbocycles. The van der Waals surface area contributed by atoms with Crippen LogP contribution in [0.2, 0.25) is 0 Å². The Balaban J connectivity index is 1.32. The number of aryl methyl sites for hydroxylation is 1. The molecule has 2 nitrogen and oxygen atoms in total. The van der Waals surface area contributed by atoms with Gasteiger partial charge in [0.25, 0.3) is 6.71 Å². The monoisotopic (exact) mass is 811 g/mol. The Bertz CT molecular complexity index is 2640. The molecule has 0 N–H and O–H groups in total. The maximum Gasteiger partial charge on any atom is 0.264 e. The van der Waals surface area contributed by atoms with E-state index in [-0.39, 0.29) is 33.8 Å². The van der Waals surface area contributed by atoms with Gasteiger partial charge in [0.05, 0.1) is 5.69 Å². The lowest BCUT2D eigenvalue weighted by Crippen LogP contribution is -2.60. The molecule has 2 atom stereocenters. The molecular formula is C56H67BN2S. The summed E-state index contributed by atoms with van der Waals surface area (Å²) in [6.45, 7) is 35.9. The molecule has 1 aromatic heterocycles. The quantitative estimate of drug-likeness (QED) is 0.163. The lowest BCUT2D eigenvalue weighted by atomic mass is 9.36. The summed E-state index contributed by atoms with van der Waals surface area (Å²) in [7, 11) is 0. The van der Waals surface area contributed by atoms with Gasteiger partial charge in [0.2, 0.25) is 0 Å². The topological polar surface area (TPSA) is 6.48 Å². The standard InChI is InChI=1S/C56H67BN2S/c1-16-36-32-43(56(14,15)55(36,12)13)35-17-23-41(24-18-35)59-47-30-34(2)29-46-49(47)57(51-50(59)42-31-38(53(6,7)8)22-28-48(42)60-51)44-33-39(54(9,10)11)21-27-45(44)58(46)40-25-19-37(20-26-40)52(3,4)5/h17-31,33,36,43H,16,32H2,1-15H3. The van der Waals surface area contributed by atoms with Crippen molar-refractivity contribution in [2.45, 2.75) is 139 Å².